The molecule has 142 valence electrons. The lowest BCUT2D eigenvalue weighted by Crippen LogP contribution is -2.35. The molecule has 0 aliphatic rings. The van der Waals surface area contributed by atoms with E-state index in [4.69, 9.17) is 0 Å². The highest BCUT2D eigenvalue weighted by atomic mass is 16.2. The fourth-order valence-corrected chi connectivity index (χ4v) is 3.03. The molecule has 0 fully saturated rings. The molecule has 0 saturated carbocycles. The van der Waals surface area contributed by atoms with Gasteiger partial charge in [-0.15, -0.1) is 0 Å². The standard InChI is InChI=1S/C19H28N4O3/c1-7-8-23-16-15(17(24)21-19(23)26)13(9-14(20-16)12(4)5)18(25)22(6)10-11(2)3/h9,11-12H,7-8,10H2,1-6H3,(H,21,24,26). The van der Waals surface area contributed by atoms with Crippen LogP contribution in [-0.4, -0.2) is 38.9 Å². The Morgan fingerprint density at radius 1 is 1.27 bits per heavy atom. The minimum Gasteiger partial charge on any atom is -0.341 e. The van der Waals surface area contributed by atoms with E-state index in [-0.39, 0.29) is 22.9 Å². The van der Waals surface area contributed by atoms with Crippen LogP contribution in [0.1, 0.15) is 63.0 Å². The second-order valence-corrected chi connectivity index (χ2v) is 7.44. The van der Waals surface area contributed by atoms with Crippen molar-refractivity contribution in [3.05, 3.63) is 38.2 Å². The molecule has 1 N–H and O–H groups in total. The molecule has 0 aromatic carbocycles. The van der Waals surface area contributed by atoms with Crippen LogP contribution >= 0.6 is 0 Å². The maximum absolute atomic E-state index is 13.0. The molecule has 26 heavy (non-hydrogen) atoms. The van der Waals surface area contributed by atoms with Crippen molar-refractivity contribution < 1.29 is 4.79 Å². The summed E-state index contributed by atoms with van der Waals surface area (Å²) in [7, 11) is 1.72. The number of aromatic nitrogens is 3. The fraction of sp³-hybridized carbons (Fsp3) is 0.579. The highest BCUT2D eigenvalue weighted by Crippen LogP contribution is 2.21. The topological polar surface area (TPSA) is 88.1 Å². The first-order valence-electron chi connectivity index (χ1n) is 9.10. The predicted molar refractivity (Wildman–Crippen MR) is 103 cm³/mol. The zero-order valence-corrected chi connectivity index (χ0v) is 16.4. The molecule has 2 aromatic rings. The number of nitrogens with zero attached hydrogens (tertiary/aromatic N) is 3. The molecule has 0 aliphatic heterocycles. The quantitative estimate of drug-likeness (QED) is 0.856. The van der Waals surface area contributed by atoms with Crippen LogP contribution in [-0.2, 0) is 6.54 Å². The van der Waals surface area contributed by atoms with Crippen molar-refractivity contribution in [3.63, 3.8) is 0 Å². The monoisotopic (exact) mass is 360 g/mol. The van der Waals surface area contributed by atoms with Crippen molar-refractivity contribution >= 4 is 16.9 Å². The predicted octanol–water partition coefficient (Wildman–Crippen LogP) is 2.35. The van der Waals surface area contributed by atoms with Gasteiger partial charge in [0.05, 0.1) is 10.9 Å². The van der Waals surface area contributed by atoms with Crippen molar-refractivity contribution in [1.82, 2.24) is 19.4 Å². The number of rotatable bonds is 6. The van der Waals surface area contributed by atoms with Crippen LogP contribution in [0.25, 0.3) is 11.0 Å². The second kappa shape index (κ2) is 7.85. The van der Waals surface area contributed by atoms with Crippen LogP contribution in [0.3, 0.4) is 0 Å². The third kappa shape index (κ3) is 3.86. The number of nitrogens with one attached hydrogen (secondary N) is 1. The normalized spacial score (nSPS) is 11.5. The van der Waals surface area contributed by atoms with Crippen LogP contribution in [0.15, 0.2) is 15.7 Å². The van der Waals surface area contributed by atoms with E-state index in [0.717, 1.165) is 0 Å². The summed E-state index contributed by atoms with van der Waals surface area (Å²) in [5.41, 5.74) is 0.211. The Kier molecular flexibility index (Phi) is 6.00. The summed E-state index contributed by atoms with van der Waals surface area (Å²) in [4.78, 5) is 46.3. The van der Waals surface area contributed by atoms with Gasteiger partial charge in [0, 0.05) is 25.8 Å². The summed E-state index contributed by atoms with van der Waals surface area (Å²) in [6, 6.07) is 1.68. The van der Waals surface area contributed by atoms with Gasteiger partial charge in [0.2, 0.25) is 0 Å². The molecular formula is C19H28N4O3. The van der Waals surface area contributed by atoms with E-state index in [2.05, 4.69) is 9.97 Å². The Hall–Kier alpha value is -2.44. The Labute approximate surface area is 153 Å². The van der Waals surface area contributed by atoms with Crippen LogP contribution in [0.4, 0.5) is 0 Å². The second-order valence-electron chi connectivity index (χ2n) is 7.44. The number of aryl methyl sites for hydroxylation is 1. The number of carbonyl (C=O) groups excluding carboxylic acids is 1. The van der Waals surface area contributed by atoms with Gasteiger partial charge in [0.1, 0.15) is 0 Å². The molecule has 7 nitrogen and oxygen atoms in total. The molecule has 7 heteroatoms. The molecule has 0 spiro atoms. The molecule has 0 atom stereocenters. The minimum atomic E-state index is -0.568. The van der Waals surface area contributed by atoms with Gasteiger partial charge in [0.15, 0.2) is 5.65 Å². The maximum atomic E-state index is 13.0. The van der Waals surface area contributed by atoms with E-state index in [1.165, 1.54) is 4.57 Å². The summed E-state index contributed by atoms with van der Waals surface area (Å²) in [5.74, 6) is 0.129. The molecule has 2 rings (SSSR count). The molecule has 2 heterocycles. The number of fused-ring (bicyclic) bond motifs is 1. The van der Waals surface area contributed by atoms with Crippen molar-refractivity contribution in [2.75, 3.05) is 13.6 Å². The van der Waals surface area contributed by atoms with E-state index in [0.29, 0.717) is 36.7 Å². The van der Waals surface area contributed by atoms with Gasteiger partial charge in [-0.05, 0) is 24.3 Å². The lowest BCUT2D eigenvalue weighted by atomic mass is 10.0. The highest BCUT2D eigenvalue weighted by molar-refractivity contribution is 6.05. The van der Waals surface area contributed by atoms with Crippen molar-refractivity contribution in [3.8, 4) is 0 Å². The number of hydrogen-bond acceptors (Lipinski definition) is 4. The van der Waals surface area contributed by atoms with Crippen LogP contribution in [0.5, 0.6) is 0 Å². The third-order valence-electron chi connectivity index (χ3n) is 4.22. The van der Waals surface area contributed by atoms with Gasteiger partial charge < -0.3 is 4.90 Å². The third-order valence-corrected chi connectivity index (χ3v) is 4.22. The van der Waals surface area contributed by atoms with Crippen molar-refractivity contribution in [2.24, 2.45) is 5.92 Å². The number of carbonyl (C=O) groups is 1. The van der Waals surface area contributed by atoms with Gasteiger partial charge in [-0.2, -0.15) is 0 Å². The average molecular weight is 360 g/mol. The summed E-state index contributed by atoms with van der Waals surface area (Å²) in [6.07, 6.45) is 0.713. The molecule has 0 aliphatic carbocycles. The zero-order valence-electron chi connectivity index (χ0n) is 16.4. The Bertz CT molecular complexity index is 925. The number of aromatic amines is 1. The van der Waals surface area contributed by atoms with Gasteiger partial charge >= 0.3 is 5.69 Å². The van der Waals surface area contributed by atoms with E-state index >= 15 is 0 Å². The number of hydrogen-bond donors (Lipinski definition) is 1. The van der Waals surface area contributed by atoms with Crippen LogP contribution < -0.4 is 11.2 Å². The van der Waals surface area contributed by atoms with Crippen molar-refractivity contribution in [1.29, 1.82) is 0 Å². The van der Waals surface area contributed by atoms with Crippen LogP contribution in [0, 0.1) is 5.92 Å². The average Bonchev–Trinajstić information content (AvgIpc) is 2.55. The Morgan fingerprint density at radius 2 is 1.92 bits per heavy atom. The van der Waals surface area contributed by atoms with Gasteiger partial charge in [-0.1, -0.05) is 34.6 Å². The summed E-state index contributed by atoms with van der Waals surface area (Å²) < 4.78 is 1.45. The number of amides is 1. The molecule has 0 unspecified atom stereocenters. The molecular weight excluding hydrogens is 332 g/mol. The summed E-state index contributed by atoms with van der Waals surface area (Å²) >= 11 is 0. The molecule has 1 amide bonds. The van der Waals surface area contributed by atoms with E-state index < -0.39 is 11.2 Å². The molecule has 0 radical (unpaired) electrons. The van der Waals surface area contributed by atoms with Crippen LogP contribution in [0.2, 0.25) is 0 Å². The van der Waals surface area contributed by atoms with Gasteiger partial charge in [-0.25, -0.2) is 9.78 Å². The Balaban J connectivity index is 2.84. The van der Waals surface area contributed by atoms with E-state index in [1.54, 1.807) is 18.0 Å². The van der Waals surface area contributed by atoms with Gasteiger partial charge in [-0.3, -0.25) is 19.1 Å². The largest absolute Gasteiger partial charge is 0.341 e. The fourth-order valence-electron chi connectivity index (χ4n) is 3.03. The minimum absolute atomic E-state index is 0.0609. The lowest BCUT2D eigenvalue weighted by molar-refractivity contribution is 0.0780. The maximum Gasteiger partial charge on any atom is 0.329 e. The SMILES string of the molecule is CCCn1c(=O)[nH]c(=O)c2c(C(=O)N(C)CC(C)C)cc(C(C)C)nc21. The lowest BCUT2D eigenvalue weighted by Gasteiger charge is -2.21. The smallest absolute Gasteiger partial charge is 0.329 e. The molecule has 2 aromatic heterocycles. The van der Waals surface area contributed by atoms with E-state index in [1.807, 2.05) is 34.6 Å². The molecule has 0 saturated heterocycles. The highest BCUT2D eigenvalue weighted by Gasteiger charge is 2.22. The number of pyridine rings is 1. The number of H-pyrrole nitrogens is 1. The summed E-state index contributed by atoms with van der Waals surface area (Å²) in [5, 5.41) is 0.183. The first-order chi connectivity index (χ1) is 12.2. The molecule has 0 bridgehead atoms. The van der Waals surface area contributed by atoms with E-state index in [9.17, 15) is 14.4 Å². The first-order valence-corrected chi connectivity index (χ1v) is 9.10. The Morgan fingerprint density at radius 3 is 2.46 bits per heavy atom. The first kappa shape index (κ1) is 19.9. The van der Waals surface area contributed by atoms with Crippen molar-refractivity contribution in [2.45, 2.75) is 53.5 Å². The van der Waals surface area contributed by atoms with Gasteiger partial charge in [0.25, 0.3) is 11.5 Å². The zero-order chi connectivity index (χ0) is 19.6. The summed E-state index contributed by atoms with van der Waals surface area (Å²) in [6.45, 7) is 10.9.